The fourth-order valence-electron chi connectivity index (χ4n) is 2.30. The number of aromatic nitrogens is 1. The van der Waals surface area contributed by atoms with Gasteiger partial charge in [-0.1, -0.05) is 0 Å². The van der Waals surface area contributed by atoms with E-state index in [0.29, 0.717) is 6.54 Å². The van der Waals surface area contributed by atoms with Crippen molar-refractivity contribution in [1.82, 2.24) is 10.3 Å². The van der Waals surface area contributed by atoms with Gasteiger partial charge in [-0.05, 0) is 38.6 Å². The minimum Gasteiger partial charge on any atom is -0.495 e. The zero-order valence-electron chi connectivity index (χ0n) is 11.2. The third kappa shape index (κ3) is 1.99. The van der Waals surface area contributed by atoms with E-state index in [0.717, 1.165) is 33.5 Å². The number of hydrogen-bond donors (Lipinski definition) is 2. The zero-order chi connectivity index (χ0) is 13.3. The number of methoxy groups -OCH3 is 1. The molecule has 4 nitrogen and oxygen atoms in total. The van der Waals surface area contributed by atoms with Crippen LogP contribution in [0.2, 0.25) is 0 Å². The monoisotopic (exact) mass is 246 g/mol. The molecule has 0 atom stereocenters. The standard InChI is InChI=1S/C14H18N2O2/c1-8-5-10-13(11(17)7-15-3)9(2)16-14(10)12(6-8)18-4/h5-6,15-16H,7H2,1-4H3. The van der Waals surface area contributed by atoms with Crippen LogP contribution in [0.25, 0.3) is 10.9 Å². The summed E-state index contributed by atoms with van der Waals surface area (Å²) in [6, 6.07) is 3.98. The van der Waals surface area contributed by atoms with Crippen LogP contribution < -0.4 is 10.1 Å². The van der Waals surface area contributed by atoms with Crippen molar-refractivity contribution >= 4 is 16.7 Å². The van der Waals surface area contributed by atoms with E-state index in [9.17, 15) is 4.79 Å². The first-order valence-corrected chi connectivity index (χ1v) is 5.93. The Morgan fingerprint density at radius 2 is 2.11 bits per heavy atom. The third-order valence-electron chi connectivity index (χ3n) is 3.04. The summed E-state index contributed by atoms with van der Waals surface area (Å²) >= 11 is 0. The highest BCUT2D eigenvalue weighted by atomic mass is 16.5. The molecule has 0 unspecified atom stereocenters. The van der Waals surface area contributed by atoms with Crippen molar-refractivity contribution in [3.8, 4) is 5.75 Å². The summed E-state index contributed by atoms with van der Waals surface area (Å²) in [6.07, 6.45) is 0. The molecule has 96 valence electrons. The average molecular weight is 246 g/mol. The number of ether oxygens (including phenoxy) is 1. The molecule has 0 radical (unpaired) electrons. The van der Waals surface area contributed by atoms with E-state index in [1.54, 1.807) is 14.2 Å². The van der Waals surface area contributed by atoms with E-state index in [2.05, 4.69) is 10.3 Å². The Labute approximate surface area is 106 Å². The number of carbonyl (C=O) groups excluding carboxylic acids is 1. The predicted molar refractivity (Wildman–Crippen MR) is 72.6 cm³/mol. The molecule has 0 amide bonds. The fraction of sp³-hybridized carbons (Fsp3) is 0.357. The second kappa shape index (κ2) is 4.82. The minimum atomic E-state index is 0.0916. The molecule has 0 fully saturated rings. The first kappa shape index (κ1) is 12.6. The maximum atomic E-state index is 12.1. The highest BCUT2D eigenvalue weighted by Gasteiger charge is 2.17. The Kier molecular flexibility index (Phi) is 3.39. The molecular weight excluding hydrogens is 228 g/mol. The van der Waals surface area contributed by atoms with E-state index in [4.69, 9.17) is 4.74 Å². The molecule has 2 aromatic rings. The second-order valence-electron chi connectivity index (χ2n) is 4.47. The molecule has 4 heteroatoms. The lowest BCUT2D eigenvalue weighted by atomic mass is 10.0. The van der Waals surface area contributed by atoms with Gasteiger partial charge < -0.3 is 15.0 Å². The van der Waals surface area contributed by atoms with Gasteiger partial charge in [-0.25, -0.2) is 0 Å². The van der Waals surface area contributed by atoms with Crippen LogP contribution in [0.3, 0.4) is 0 Å². The van der Waals surface area contributed by atoms with Gasteiger partial charge in [0, 0.05) is 16.6 Å². The van der Waals surface area contributed by atoms with Crippen LogP contribution in [-0.2, 0) is 0 Å². The molecule has 0 bridgehead atoms. The maximum absolute atomic E-state index is 12.1. The highest BCUT2D eigenvalue weighted by Crippen LogP contribution is 2.31. The predicted octanol–water partition coefficient (Wildman–Crippen LogP) is 2.20. The van der Waals surface area contributed by atoms with E-state index < -0.39 is 0 Å². The van der Waals surface area contributed by atoms with Crippen LogP contribution in [-0.4, -0.2) is 31.5 Å². The molecule has 2 rings (SSSR count). The number of aryl methyl sites for hydroxylation is 2. The Morgan fingerprint density at radius 3 is 2.72 bits per heavy atom. The van der Waals surface area contributed by atoms with Gasteiger partial charge in [-0.3, -0.25) is 4.79 Å². The number of hydrogen-bond acceptors (Lipinski definition) is 3. The second-order valence-corrected chi connectivity index (χ2v) is 4.47. The van der Waals surface area contributed by atoms with Gasteiger partial charge in [0.25, 0.3) is 0 Å². The van der Waals surface area contributed by atoms with Crippen molar-refractivity contribution in [3.05, 3.63) is 29.0 Å². The molecule has 1 aromatic carbocycles. The summed E-state index contributed by atoms with van der Waals surface area (Å²) in [7, 11) is 3.41. The molecule has 0 aliphatic carbocycles. The number of Topliss-reactive ketones (excluding diaryl/α,β-unsaturated/α-hetero) is 1. The van der Waals surface area contributed by atoms with Crippen LogP contribution >= 0.6 is 0 Å². The zero-order valence-corrected chi connectivity index (χ0v) is 11.2. The molecule has 1 aromatic heterocycles. The van der Waals surface area contributed by atoms with Gasteiger partial charge in [0.15, 0.2) is 5.78 Å². The summed E-state index contributed by atoms with van der Waals surface area (Å²) in [5.74, 6) is 0.866. The number of fused-ring (bicyclic) bond motifs is 1. The smallest absolute Gasteiger partial charge is 0.179 e. The lowest BCUT2D eigenvalue weighted by Crippen LogP contribution is -2.19. The largest absolute Gasteiger partial charge is 0.495 e. The summed E-state index contributed by atoms with van der Waals surface area (Å²) in [5, 5.41) is 3.83. The number of H-pyrrole nitrogens is 1. The third-order valence-corrected chi connectivity index (χ3v) is 3.04. The quantitative estimate of drug-likeness (QED) is 0.813. The van der Waals surface area contributed by atoms with Gasteiger partial charge >= 0.3 is 0 Å². The Morgan fingerprint density at radius 1 is 1.39 bits per heavy atom. The Hall–Kier alpha value is -1.81. The SMILES string of the molecule is CNCC(=O)c1c(C)[nH]c2c(OC)cc(C)cc12. The topological polar surface area (TPSA) is 54.1 Å². The number of aromatic amines is 1. The van der Waals surface area contributed by atoms with E-state index in [-0.39, 0.29) is 5.78 Å². The van der Waals surface area contributed by atoms with Crippen LogP contribution in [0.5, 0.6) is 5.75 Å². The summed E-state index contributed by atoms with van der Waals surface area (Å²) in [4.78, 5) is 15.4. The molecule has 1 heterocycles. The van der Waals surface area contributed by atoms with Crippen LogP contribution in [0.1, 0.15) is 21.6 Å². The molecule has 0 aliphatic heterocycles. The van der Waals surface area contributed by atoms with Crippen LogP contribution in [0, 0.1) is 13.8 Å². The maximum Gasteiger partial charge on any atom is 0.179 e. The van der Waals surface area contributed by atoms with Gasteiger partial charge in [0.1, 0.15) is 5.75 Å². The van der Waals surface area contributed by atoms with Crippen LogP contribution in [0.15, 0.2) is 12.1 Å². The number of carbonyl (C=O) groups is 1. The molecule has 18 heavy (non-hydrogen) atoms. The minimum absolute atomic E-state index is 0.0916. The molecular formula is C14H18N2O2. The molecule has 0 aliphatic rings. The number of benzene rings is 1. The normalized spacial score (nSPS) is 10.9. The van der Waals surface area contributed by atoms with Crippen molar-refractivity contribution in [2.24, 2.45) is 0 Å². The first-order chi connectivity index (χ1) is 8.58. The first-order valence-electron chi connectivity index (χ1n) is 5.93. The Balaban J connectivity index is 2.70. The number of likely N-dealkylation sites (N-methyl/N-ethyl adjacent to an activating group) is 1. The summed E-state index contributed by atoms with van der Waals surface area (Å²) in [6.45, 7) is 4.25. The van der Waals surface area contributed by atoms with Gasteiger partial charge in [0.05, 0.1) is 19.2 Å². The van der Waals surface area contributed by atoms with E-state index in [1.165, 1.54) is 0 Å². The fourth-order valence-corrected chi connectivity index (χ4v) is 2.30. The number of nitrogens with one attached hydrogen (secondary N) is 2. The van der Waals surface area contributed by atoms with E-state index >= 15 is 0 Å². The average Bonchev–Trinajstić information content (AvgIpc) is 2.64. The van der Waals surface area contributed by atoms with Gasteiger partial charge in [-0.2, -0.15) is 0 Å². The molecule has 0 saturated carbocycles. The van der Waals surface area contributed by atoms with Crippen molar-refractivity contribution < 1.29 is 9.53 Å². The number of ketones is 1. The molecule has 2 N–H and O–H groups in total. The summed E-state index contributed by atoms with van der Waals surface area (Å²) < 4.78 is 5.36. The lowest BCUT2D eigenvalue weighted by molar-refractivity contribution is 0.0994. The van der Waals surface area contributed by atoms with Crippen molar-refractivity contribution in [1.29, 1.82) is 0 Å². The van der Waals surface area contributed by atoms with Crippen molar-refractivity contribution in [2.75, 3.05) is 20.7 Å². The number of rotatable bonds is 4. The molecule has 0 saturated heterocycles. The molecule has 0 spiro atoms. The summed E-state index contributed by atoms with van der Waals surface area (Å²) in [5.41, 5.74) is 3.60. The van der Waals surface area contributed by atoms with E-state index in [1.807, 2.05) is 26.0 Å². The van der Waals surface area contributed by atoms with Crippen LogP contribution in [0.4, 0.5) is 0 Å². The van der Waals surface area contributed by atoms with Crippen molar-refractivity contribution in [3.63, 3.8) is 0 Å². The lowest BCUT2D eigenvalue weighted by Gasteiger charge is -2.04. The van der Waals surface area contributed by atoms with Crippen molar-refractivity contribution in [2.45, 2.75) is 13.8 Å². The highest BCUT2D eigenvalue weighted by molar-refractivity contribution is 6.11. The van der Waals surface area contributed by atoms with Gasteiger partial charge in [-0.15, -0.1) is 0 Å². The van der Waals surface area contributed by atoms with Gasteiger partial charge in [0.2, 0.25) is 0 Å². The Bertz CT molecular complexity index is 599.